The van der Waals surface area contributed by atoms with E-state index in [9.17, 15) is 0 Å². The highest BCUT2D eigenvalue weighted by atomic mass is 79.9. The number of halogens is 4. The quantitative estimate of drug-likeness (QED) is 0.672. The van der Waals surface area contributed by atoms with Gasteiger partial charge in [-0.05, 0) is 13.8 Å². The SMILES string of the molecule is CC(C)O.ClC(Cl)(Cl)CBr. The number of hydrogen-bond acceptors (Lipinski definition) is 1. The van der Waals surface area contributed by atoms with Crippen LogP contribution in [0.2, 0.25) is 0 Å². The Bertz CT molecular complexity index is 69.0. The lowest BCUT2D eigenvalue weighted by Crippen LogP contribution is -2.01. The van der Waals surface area contributed by atoms with Gasteiger partial charge >= 0.3 is 0 Å². The lowest BCUT2D eigenvalue weighted by atomic mass is 10.5. The molecule has 0 fully saturated rings. The van der Waals surface area contributed by atoms with Crippen LogP contribution >= 0.6 is 50.7 Å². The molecule has 1 N–H and O–H groups in total. The molecule has 10 heavy (non-hydrogen) atoms. The van der Waals surface area contributed by atoms with Crippen LogP contribution in [-0.4, -0.2) is 20.3 Å². The molecule has 0 aliphatic heterocycles. The summed E-state index contributed by atoms with van der Waals surface area (Å²) in [5.74, 6) is 0. The normalized spacial score (nSPS) is 10.8. The standard InChI is InChI=1S/C3H8O.C2H2BrCl3/c1-3(2)4;3-1-2(4,5)6/h3-4H,1-2H3;1H2. The lowest BCUT2D eigenvalue weighted by Gasteiger charge is -2.01. The van der Waals surface area contributed by atoms with E-state index in [0.29, 0.717) is 5.33 Å². The molecule has 0 radical (unpaired) electrons. The van der Waals surface area contributed by atoms with Gasteiger partial charge in [-0.25, -0.2) is 0 Å². The zero-order chi connectivity index (χ0) is 8.78. The first-order valence-electron chi connectivity index (χ1n) is 2.60. The van der Waals surface area contributed by atoms with E-state index in [0.717, 1.165) is 0 Å². The number of hydrogen-bond donors (Lipinski definition) is 1. The Morgan fingerprint density at radius 3 is 1.50 bits per heavy atom. The fraction of sp³-hybridized carbons (Fsp3) is 1.00. The van der Waals surface area contributed by atoms with Crippen LogP contribution in [0, 0.1) is 0 Å². The van der Waals surface area contributed by atoms with Crippen LogP contribution < -0.4 is 0 Å². The second-order valence-corrected chi connectivity index (χ2v) is 4.92. The maximum Gasteiger partial charge on any atom is 0.200 e. The van der Waals surface area contributed by atoms with Crippen molar-refractivity contribution in [1.29, 1.82) is 0 Å². The van der Waals surface area contributed by atoms with E-state index >= 15 is 0 Å². The molecule has 0 amide bonds. The lowest BCUT2D eigenvalue weighted by molar-refractivity contribution is 0.216. The zero-order valence-corrected chi connectivity index (χ0v) is 9.60. The predicted octanol–water partition coefficient (Wildman–Crippen LogP) is 3.14. The van der Waals surface area contributed by atoms with Crippen molar-refractivity contribution in [2.75, 3.05) is 5.33 Å². The highest BCUT2D eigenvalue weighted by Gasteiger charge is 2.15. The Morgan fingerprint density at radius 1 is 1.40 bits per heavy atom. The van der Waals surface area contributed by atoms with Gasteiger partial charge in [-0.2, -0.15) is 0 Å². The van der Waals surface area contributed by atoms with E-state index < -0.39 is 3.79 Å². The molecule has 64 valence electrons. The van der Waals surface area contributed by atoms with Crippen molar-refractivity contribution in [3.05, 3.63) is 0 Å². The summed E-state index contributed by atoms with van der Waals surface area (Å²) in [6.45, 7) is 3.44. The van der Waals surface area contributed by atoms with Crippen molar-refractivity contribution < 1.29 is 5.11 Å². The van der Waals surface area contributed by atoms with Gasteiger partial charge in [0, 0.05) is 6.10 Å². The minimum atomic E-state index is -1.12. The second-order valence-electron chi connectivity index (χ2n) is 1.84. The fourth-order valence-electron chi connectivity index (χ4n) is 0. The molecule has 0 unspecified atom stereocenters. The summed E-state index contributed by atoms with van der Waals surface area (Å²) >= 11 is 18.6. The third-order valence-corrected chi connectivity index (χ3v) is 2.36. The van der Waals surface area contributed by atoms with Crippen molar-refractivity contribution in [2.24, 2.45) is 0 Å². The number of alkyl halides is 4. The van der Waals surface area contributed by atoms with E-state index in [1.165, 1.54) is 0 Å². The molecule has 1 nitrogen and oxygen atoms in total. The molecule has 0 spiro atoms. The van der Waals surface area contributed by atoms with Crippen LogP contribution in [0.25, 0.3) is 0 Å². The van der Waals surface area contributed by atoms with Gasteiger partial charge < -0.3 is 5.11 Å². The monoisotopic (exact) mass is 270 g/mol. The van der Waals surface area contributed by atoms with Crippen LogP contribution in [-0.2, 0) is 0 Å². The summed E-state index contributed by atoms with van der Waals surface area (Å²) in [5, 5.41) is 8.44. The van der Waals surface area contributed by atoms with Crippen molar-refractivity contribution in [1.82, 2.24) is 0 Å². The summed E-state index contributed by atoms with van der Waals surface area (Å²) in [7, 11) is 0. The summed E-state index contributed by atoms with van der Waals surface area (Å²) in [6.07, 6.45) is -0.167. The molecule has 5 heteroatoms. The Balaban J connectivity index is 0. The Kier molecular flexibility index (Phi) is 9.69. The van der Waals surface area contributed by atoms with Crippen LogP contribution in [0.3, 0.4) is 0 Å². The van der Waals surface area contributed by atoms with Gasteiger partial charge in [0.1, 0.15) is 0 Å². The molecular formula is C5H10BrCl3O. The molecule has 0 aromatic heterocycles. The minimum Gasteiger partial charge on any atom is -0.394 e. The number of rotatable bonds is 0. The largest absolute Gasteiger partial charge is 0.394 e. The Labute approximate surface area is 84.8 Å². The molecule has 0 aliphatic carbocycles. The molecule has 0 heterocycles. The third-order valence-electron chi connectivity index (χ3n) is 0.152. The molecule has 0 saturated carbocycles. The average molecular weight is 272 g/mol. The molecular weight excluding hydrogens is 262 g/mol. The van der Waals surface area contributed by atoms with Crippen molar-refractivity contribution in [2.45, 2.75) is 23.7 Å². The van der Waals surface area contributed by atoms with Gasteiger partial charge in [0.25, 0.3) is 0 Å². The number of aliphatic hydroxyl groups excluding tert-OH is 1. The topological polar surface area (TPSA) is 20.2 Å². The number of aliphatic hydroxyl groups is 1. The van der Waals surface area contributed by atoms with Gasteiger partial charge in [-0.15, -0.1) is 0 Å². The minimum absolute atomic E-state index is 0.167. The van der Waals surface area contributed by atoms with Crippen molar-refractivity contribution in [3.63, 3.8) is 0 Å². The van der Waals surface area contributed by atoms with E-state index in [4.69, 9.17) is 39.9 Å². The molecule has 0 saturated heterocycles. The van der Waals surface area contributed by atoms with Gasteiger partial charge in [-0.3, -0.25) is 0 Å². The molecule has 0 aromatic rings. The van der Waals surface area contributed by atoms with Gasteiger partial charge in [0.2, 0.25) is 0 Å². The zero-order valence-electron chi connectivity index (χ0n) is 5.74. The highest BCUT2D eigenvalue weighted by Crippen LogP contribution is 2.27. The fourth-order valence-corrected chi connectivity index (χ4v) is 0. The summed E-state index contributed by atoms with van der Waals surface area (Å²) < 4.78 is -1.12. The maximum absolute atomic E-state index is 8.06. The van der Waals surface area contributed by atoms with E-state index in [-0.39, 0.29) is 6.10 Å². The van der Waals surface area contributed by atoms with E-state index in [1.807, 2.05) is 0 Å². The Hall–Kier alpha value is 1.31. The first-order valence-corrected chi connectivity index (χ1v) is 4.86. The Morgan fingerprint density at radius 2 is 1.50 bits per heavy atom. The first kappa shape index (κ1) is 13.9. The summed E-state index contributed by atoms with van der Waals surface area (Å²) in [4.78, 5) is 0. The van der Waals surface area contributed by atoms with Gasteiger partial charge in [0.15, 0.2) is 3.79 Å². The average Bonchev–Trinajstić information content (AvgIpc) is 1.63. The maximum atomic E-state index is 8.06. The molecule has 0 bridgehead atoms. The van der Waals surface area contributed by atoms with Crippen molar-refractivity contribution in [3.8, 4) is 0 Å². The van der Waals surface area contributed by atoms with E-state index in [2.05, 4.69) is 15.9 Å². The van der Waals surface area contributed by atoms with Crippen molar-refractivity contribution >= 4 is 50.7 Å². The molecule has 0 atom stereocenters. The molecule has 0 aliphatic rings. The van der Waals surface area contributed by atoms with Crippen LogP contribution in [0.1, 0.15) is 13.8 Å². The summed E-state index contributed by atoms with van der Waals surface area (Å²) in [6, 6.07) is 0. The molecule has 0 aromatic carbocycles. The van der Waals surface area contributed by atoms with Crippen LogP contribution in [0.4, 0.5) is 0 Å². The van der Waals surface area contributed by atoms with Crippen LogP contribution in [0.15, 0.2) is 0 Å². The predicted molar refractivity (Wildman–Crippen MR) is 51.4 cm³/mol. The highest BCUT2D eigenvalue weighted by molar-refractivity contribution is 9.09. The summed E-state index contributed by atoms with van der Waals surface area (Å²) in [5.41, 5.74) is 0. The second kappa shape index (κ2) is 6.99. The smallest absolute Gasteiger partial charge is 0.200 e. The van der Waals surface area contributed by atoms with Gasteiger partial charge in [0.05, 0.1) is 5.33 Å². The van der Waals surface area contributed by atoms with Crippen LogP contribution in [0.5, 0.6) is 0 Å². The molecule has 0 rings (SSSR count). The first-order chi connectivity index (χ1) is 4.29. The third kappa shape index (κ3) is 34.6. The van der Waals surface area contributed by atoms with Gasteiger partial charge in [-0.1, -0.05) is 50.7 Å². The van der Waals surface area contributed by atoms with E-state index in [1.54, 1.807) is 13.8 Å².